The first kappa shape index (κ1) is 15.8. The summed E-state index contributed by atoms with van der Waals surface area (Å²) in [6.45, 7) is 10.2. The molecule has 3 nitrogen and oxygen atoms in total. The van der Waals surface area contributed by atoms with E-state index in [-0.39, 0.29) is 0 Å². The molecule has 0 saturated heterocycles. The molecule has 0 saturated carbocycles. The van der Waals surface area contributed by atoms with Crippen molar-refractivity contribution in [1.29, 1.82) is 0 Å². The van der Waals surface area contributed by atoms with Crippen molar-refractivity contribution < 1.29 is 0 Å². The fourth-order valence-corrected chi connectivity index (χ4v) is 2.96. The van der Waals surface area contributed by atoms with Crippen molar-refractivity contribution in [2.24, 2.45) is 5.73 Å². The van der Waals surface area contributed by atoms with E-state index in [1.165, 1.54) is 33.3 Å². The van der Waals surface area contributed by atoms with Crippen molar-refractivity contribution in [3.63, 3.8) is 0 Å². The maximum Gasteiger partial charge on any atom is 0.141 e. The van der Waals surface area contributed by atoms with Crippen LogP contribution < -0.4 is 5.73 Å². The maximum absolute atomic E-state index is 5.74. The molecule has 2 aromatic carbocycles. The first-order valence-corrected chi connectivity index (χ1v) is 8.26. The molecule has 3 aromatic rings. The lowest BCUT2D eigenvalue weighted by Gasteiger charge is -2.10. The third kappa shape index (κ3) is 2.89. The fraction of sp³-hybridized carbons (Fsp3) is 0.350. The number of rotatable bonds is 4. The minimum Gasteiger partial charge on any atom is -0.330 e. The largest absolute Gasteiger partial charge is 0.330 e. The van der Waals surface area contributed by atoms with Crippen LogP contribution in [0.5, 0.6) is 0 Å². The zero-order valence-electron chi connectivity index (χ0n) is 14.5. The average molecular weight is 307 g/mol. The third-order valence-electron chi connectivity index (χ3n) is 4.71. The number of nitrogens with zero attached hydrogens (tertiary/aromatic N) is 2. The summed E-state index contributed by atoms with van der Waals surface area (Å²) >= 11 is 0. The van der Waals surface area contributed by atoms with Gasteiger partial charge in [-0.1, -0.05) is 12.1 Å². The van der Waals surface area contributed by atoms with Crippen LogP contribution in [0.1, 0.15) is 28.7 Å². The van der Waals surface area contributed by atoms with Crippen molar-refractivity contribution in [1.82, 2.24) is 9.55 Å². The van der Waals surface area contributed by atoms with Gasteiger partial charge < -0.3 is 10.3 Å². The Kier molecular flexibility index (Phi) is 4.22. The van der Waals surface area contributed by atoms with E-state index in [1.54, 1.807) is 0 Å². The highest BCUT2D eigenvalue weighted by Crippen LogP contribution is 2.28. The van der Waals surface area contributed by atoms with E-state index in [0.717, 1.165) is 24.3 Å². The van der Waals surface area contributed by atoms with Gasteiger partial charge in [0.25, 0.3) is 0 Å². The van der Waals surface area contributed by atoms with Crippen molar-refractivity contribution in [2.75, 3.05) is 6.54 Å². The molecule has 0 amide bonds. The smallest absolute Gasteiger partial charge is 0.141 e. The van der Waals surface area contributed by atoms with Crippen LogP contribution in [0, 0.1) is 27.7 Å². The summed E-state index contributed by atoms with van der Waals surface area (Å²) < 4.78 is 2.32. The van der Waals surface area contributed by atoms with Crippen LogP contribution in [0.3, 0.4) is 0 Å². The first-order valence-electron chi connectivity index (χ1n) is 8.26. The van der Waals surface area contributed by atoms with E-state index in [9.17, 15) is 0 Å². The number of fused-ring (bicyclic) bond motifs is 1. The Hall–Kier alpha value is -2.13. The molecule has 0 atom stereocenters. The SMILES string of the molecule is Cc1ccc(-c2nc3cc(C)c(C)cc3n2CCCN)cc1C. The third-order valence-corrected chi connectivity index (χ3v) is 4.71. The van der Waals surface area contributed by atoms with Crippen molar-refractivity contribution >= 4 is 11.0 Å². The van der Waals surface area contributed by atoms with E-state index in [2.05, 4.69) is 62.6 Å². The first-order chi connectivity index (χ1) is 11.0. The Morgan fingerprint density at radius 3 is 2.30 bits per heavy atom. The molecule has 0 fully saturated rings. The summed E-state index contributed by atoms with van der Waals surface area (Å²) in [5.41, 5.74) is 14.4. The molecule has 0 aliphatic carbocycles. The molecular formula is C20H25N3. The summed E-state index contributed by atoms with van der Waals surface area (Å²) in [6, 6.07) is 11.0. The molecule has 3 rings (SSSR count). The number of hydrogen-bond acceptors (Lipinski definition) is 2. The normalized spacial score (nSPS) is 11.3. The molecule has 1 heterocycles. The van der Waals surface area contributed by atoms with Gasteiger partial charge >= 0.3 is 0 Å². The number of imidazole rings is 1. The van der Waals surface area contributed by atoms with Gasteiger partial charge in [-0.2, -0.15) is 0 Å². The second-order valence-corrected chi connectivity index (χ2v) is 6.45. The van der Waals surface area contributed by atoms with Crippen LogP contribution in [0.15, 0.2) is 30.3 Å². The molecule has 0 spiro atoms. The summed E-state index contributed by atoms with van der Waals surface area (Å²) in [6.07, 6.45) is 0.955. The second kappa shape index (κ2) is 6.17. The summed E-state index contributed by atoms with van der Waals surface area (Å²) in [4.78, 5) is 4.93. The van der Waals surface area contributed by atoms with E-state index >= 15 is 0 Å². The number of benzene rings is 2. The van der Waals surface area contributed by atoms with Gasteiger partial charge in [0.1, 0.15) is 5.82 Å². The Bertz CT molecular complexity index is 859. The van der Waals surface area contributed by atoms with Gasteiger partial charge in [-0.3, -0.25) is 0 Å². The van der Waals surface area contributed by atoms with Crippen LogP contribution >= 0.6 is 0 Å². The Morgan fingerprint density at radius 1 is 0.913 bits per heavy atom. The van der Waals surface area contributed by atoms with Gasteiger partial charge in [0.05, 0.1) is 11.0 Å². The summed E-state index contributed by atoms with van der Waals surface area (Å²) in [5, 5.41) is 0. The molecule has 0 aliphatic rings. The lowest BCUT2D eigenvalue weighted by Crippen LogP contribution is -2.07. The Balaban J connectivity index is 2.23. The van der Waals surface area contributed by atoms with Crippen LogP contribution in [0.4, 0.5) is 0 Å². The molecule has 23 heavy (non-hydrogen) atoms. The van der Waals surface area contributed by atoms with Gasteiger partial charge in [0.2, 0.25) is 0 Å². The van der Waals surface area contributed by atoms with Gasteiger partial charge in [0.15, 0.2) is 0 Å². The highest BCUT2D eigenvalue weighted by Gasteiger charge is 2.14. The van der Waals surface area contributed by atoms with E-state index in [1.807, 2.05) is 0 Å². The molecule has 1 aromatic heterocycles. The van der Waals surface area contributed by atoms with E-state index in [4.69, 9.17) is 10.7 Å². The van der Waals surface area contributed by atoms with Gasteiger partial charge in [-0.25, -0.2) is 4.98 Å². The van der Waals surface area contributed by atoms with Gasteiger partial charge in [-0.05, 0) is 81.1 Å². The average Bonchev–Trinajstić information content (AvgIpc) is 2.86. The number of nitrogens with two attached hydrogens (primary N) is 1. The molecule has 2 N–H and O–H groups in total. The van der Waals surface area contributed by atoms with E-state index < -0.39 is 0 Å². The topological polar surface area (TPSA) is 43.8 Å². The fourth-order valence-electron chi connectivity index (χ4n) is 2.96. The highest BCUT2D eigenvalue weighted by molar-refractivity contribution is 5.82. The lowest BCUT2D eigenvalue weighted by atomic mass is 10.1. The summed E-state index contributed by atoms with van der Waals surface area (Å²) in [7, 11) is 0. The van der Waals surface area contributed by atoms with Crippen LogP contribution in [-0.4, -0.2) is 16.1 Å². The maximum atomic E-state index is 5.74. The molecular weight excluding hydrogens is 282 g/mol. The van der Waals surface area contributed by atoms with Crippen molar-refractivity contribution in [3.8, 4) is 11.4 Å². The molecule has 3 heteroatoms. The molecule has 120 valence electrons. The predicted octanol–water partition coefficient (Wildman–Crippen LogP) is 4.29. The van der Waals surface area contributed by atoms with Crippen LogP contribution in [0.25, 0.3) is 22.4 Å². The van der Waals surface area contributed by atoms with Crippen molar-refractivity contribution in [3.05, 3.63) is 52.6 Å². The second-order valence-electron chi connectivity index (χ2n) is 6.45. The minimum atomic E-state index is 0.691. The lowest BCUT2D eigenvalue weighted by molar-refractivity contribution is 0.671. The van der Waals surface area contributed by atoms with Crippen LogP contribution in [0.2, 0.25) is 0 Å². The quantitative estimate of drug-likeness (QED) is 0.781. The molecule has 0 unspecified atom stereocenters. The molecule has 0 bridgehead atoms. The van der Waals surface area contributed by atoms with Crippen LogP contribution in [-0.2, 0) is 6.54 Å². The minimum absolute atomic E-state index is 0.691. The summed E-state index contributed by atoms with van der Waals surface area (Å²) in [5.74, 6) is 1.04. The van der Waals surface area contributed by atoms with E-state index in [0.29, 0.717) is 6.54 Å². The Labute approximate surface area is 138 Å². The predicted molar refractivity (Wildman–Crippen MR) is 97.8 cm³/mol. The highest BCUT2D eigenvalue weighted by atomic mass is 15.1. The molecule has 0 radical (unpaired) electrons. The Morgan fingerprint density at radius 2 is 1.61 bits per heavy atom. The standard InChI is InChI=1S/C20H25N3/c1-13-6-7-17(10-14(13)2)20-22-18-11-15(3)16(4)12-19(18)23(20)9-5-8-21/h6-7,10-12H,5,8-9,21H2,1-4H3. The van der Waals surface area contributed by atoms with Crippen molar-refractivity contribution in [2.45, 2.75) is 40.7 Å². The molecule has 0 aliphatic heterocycles. The van der Waals surface area contributed by atoms with Gasteiger partial charge in [0, 0.05) is 12.1 Å². The zero-order valence-corrected chi connectivity index (χ0v) is 14.5. The van der Waals surface area contributed by atoms with Gasteiger partial charge in [-0.15, -0.1) is 0 Å². The number of aromatic nitrogens is 2. The monoisotopic (exact) mass is 307 g/mol. The number of aryl methyl sites for hydroxylation is 5. The zero-order chi connectivity index (χ0) is 16.6. The number of hydrogen-bond donors (Lipinski definition) is 1.